The highest BCUT2D eigenvalue weighted by molar-refractivity contribution is 5.41. The molecule has 5 nitrogen and oxygen atoms in total. The maximum absolute atomic E-state index is 14.1. The molecule has 3 aromatic rings. The second-order valence-electron chi connectivity index (χ2n) is 4.65. The number of imidazole rings is 1. The SMILES string of the molecule is N#Cc1ccc(NCc2ccc(-n3ccnc3)c(F)c2)nc1. The third kappa shape index (κ3) is 2.94. The van der Waals surface area contributed by atoms with Gasteiger partial charge < -0.3 is 9.88 Å². The lowest BCUT2D eigenvalue weighted by Crippen LogP contribution is -2.03. The molecule has 0 unspecified atom stereocenters. The molecule has 0 spiro atoms. The molecule has 0 aliphatic heterocycles. The molecule has 3 rings (SSSR count). The summed E-state index contributed by atoms with van der Waals surface area (Å²) in [6, 6.07) is 10.4. The molecule has 0 saturated heterocycles. The lowest BCUT2D eigenvalue weighted by atomic mass is 10.2. The first-order chi connectivity index (χ1) is 10.8. The summed E-state index contributed by atoms with van der Waals surface area (Å²) >= 11 is 0. The van der Waals surface area contributed by atoms with Crippen molar-refractivity contribution in [2.45, 2.75) is 6.54 Å². The minimum atomic E-state index is -0.315. The number of anilines is 1. The zero-order valence-corrected chi connectivity index (χ0v) is 11.6. The smallest absolute Gasteiger partial charge is 0.147 e. The van der Waals surface area contributed by atoms with Crippen molar-refractivity contribution in [3.05, 3.63) is 72.2 Å². The van der Waals surface area contributed by atoms with Gasteiger partial charge in [-0.1, -0.05) is 6.07 Å². The van der Waals surface area contributed by atoms with E-state index in [0.717, 1.165) is 5.56 Å². The normalized spacial score (nSPS) is 10.2. The topological polar surface area (TPSA) is 66.5 Å². The van der Waals surface area contributed by atoms with Gasteiger partial charge >= 0.3 is 0 Å². The van der Waals surface area contributed by atoms with Gasteiger partial charge in [-0.3, -0.25) is 0 Å². The van der Waals surface area contributed by atoms with Gasteiger partial charge in [-0.25, -0.2) is 14.4 Å². The Morgan fingerprint density at radius 2 is 2.18 bits per heavy atom. The fourth-order valence-electron chi connectivity index (χ4n) is 2.03. The molecular formula is C16H12FN5. The number of benzene rings is 1. The first kappa shape index (κ1) is 13.8. The van der Waals surface area contributed by atoms with Crippen LogP contribution in [0.1, 0.15) is 11.1 Å². The van der Waals surface area contributed by atoms with E-state index >= 15 is 0 Å². The third-order valence-corrected chi connectivity index (χ3v) is 3.16. The minimum Gasteiger partial charge on any atom is -0.366 e. The molecule has 2 aromatic heterocycles. The van der Waals surface area contributed by atoms with E-state index in [0.29, 0.717) is 23.6 Å². The average Bonchev–Trinajstić information content (AvgIpc) is 3.07. The van der Waals surface area contributed by atoms with Gasteiger partial charge in [0.15, 0.2) is 0 Å². The molecule has 0 bridgehead atoms. The van der Waals surface area contributed by atoms with Crippen molar-refractivity contribution in [3.63, 3.8) is 0 Å². The van der Waals surface area contributed by atoms with Gasteiger partial charge in [0.25, 0.3) is 0 Å². The zero-order chi connectivity index (χ0) is 15.4. The second kappa shape index (κ2) is 6.06. The number of nitriles is 1. The quantitative estimate of drug-likeness (QED) is 0.803. The van der Waals surface area contributed by atoms with Crippen molar-refractivity contribution in [1.29, 1.82) is 5.26 Å². The molecule has 0 atom stereocenters. The van der Waals surface area contributed by atoms with Crippen LogP contribution in [0.2, 0.25) is 0 Å². The van der Waals surface area contributed by atoms with Crippen molar-refractivity contribution in [1.82, 2.24) is 14.5 Å². The highest BCUT2D eigenvalue weighted by Crippen LogP contribution is 2.16. The molecule has 1 aromatic carbocycles. The Labute approximate surface area is 126 Å². The molecule has 1 N–H and O–H groups in total. The fraction of sp³-hybridized carbons (Fsp3) is 0.0625. The monoisotopic (exact) mass is 293 g/mol. The molecule has 108 valence electrons. The third-order valence-electron chi connectivity index (χ3n) is 3.16. The number of hydrogen-bond donors (Lipinski definition) is 1. The van der Waals surface area contributed by atoms with E-state index in [1.165, 1.54) is 12.3 Å². The highest BCUT2D eigenvalue weighted by Gasteiger charge is 2.05. The molecule has 0 fully saturated rings. The van der Waals surface area contributed by atoms with Gasteiger partial charge in [0.1, 0.15) is 17.7 Å². The first-order valence-electron chi connectivity index (χ1n) is 6.63. The van der Waals surface area contributed by atoms with E-state index < -0.39 is 0 Å². The molecule has 0 aliphatic rings. The molecule has 22 heavy (non-hydrogen) atoms. The van der Waals surface area contributed by atoms with E-state index in [-0.39, 0.29) is 5.82 Å². The standard InChI is InChI=1S/C16H12FN5/c17-14-7-12(1-3-15(14)22-6-5-19-11-22)9-20-16-4-2-13(8-18)10-21-16/h1-7,10-11H,9H2,(H,20,21). The number of aromatic nitrogens is 3. The zero-order valence-electron chi connectivity index (χ0n) is 11.6. The van der Waals surface area contributed by atoms with Crippen LogP contribution in [0.25, 0.3) is 5.69 Å². The number of nitrogens with one attached hydrogen (secondary N) is 1. The van der Waals surface area contributed by atoms with Crippen LogP contribution in [-0.2, 0) is 6.54 Å². The summed E-state index contributed by atoms with van der Waals surface area (Å²) in [5.74, 6) is 0.322. The Balaban J connectivity index is 1.70. The van der Waals surface area contributed by atoms with Gasteiger partial charge in [-0.15, -0.1) is 0 Å². The number of rotatable bonds is 4. The molecule has 0 radical (unpaired) electrons. The van der Waals surface area contributed by atoms with E-state index in [2.05, 4.69) is 15.3 Å². The minimum absolute atomic E-state index is 0.315. The van der Waals surface area contributed by atoms with Gasteiger partial charge in [0.2, 0.25) is 0 Å². The van der Waals surface area contributed by atoms with E-state index in [4.69, 9.17) is 5.26 Å². The molecule has 0 saturated carbocycles. The first-order valence-corrected chi connectivity index (χ1v) is 6.63. The second-order valence-corrected chi connectivity index (χ2v) is 4.65. The van der Waals surface area contributed by atoms with Crippen LogP contribution >= 0.6 is 0 Å². The van der Waals surface area contributed by atoms with E-state index in [1.807, 2.05) is 12.1 Å². The summed E-state index contributed by atoms with van der Waals surface area (Å²) in [5.41, 5.74) is 1.76. The fourth-order valence-corrected chi connectivity index (χ4v) is 2.03. The van der Waals surface area contributed by atoms with Gasteiger partial charge in [-0.05, 0) is 29.8 Å². The van der Waals surface area contributed by atoms with Crippen molar-refractivity contribution in [2.75, 3.05) is 5.32 Å². The van der Waals surface area contributed by atoms with Crippen LogP contribution in [-0.4, -0.2) is 14.5 Å². The van der Waals surface area contributed by atoms with Gasteiger partial charge in [0.05, 0.1) is 17.6 Å². The summed E-state index contributed by atoms with van der Waals surface area (Å²) in [6.45, 7) is 0.444. The van der Waals surface area contributed by atoms with Crippen molar-refractivity contribution >= 4 is 5.82 Å². The Morgan fingerprint density at radius 3 is 2.82 bits per heavy atom. The van der Waals surface area contributed by atoms with Crippen LogP contribution < -0.4 is 5.32 Å². The number of hydrogen-bond acceptors (Lipinski definition) is 4. The molecular weight excluding hydrogens is 281 g/mol. The Kier molecular flexibility index (Phi) is 3.79. The summed E-state index contributed by atoms with van der Waals surface area (Å²) in [7, 11) is 0. The Bertz CT molecular complexity index is 804. The van der Waals surface area contributed by atoms with Crippen LogP contribution in [0.3, 0.4) is 0 Å². The number of pyridine rings is 1. The largest absolute Gasteiger partial charge is 0.366 e. The molecule has 0 aliphatic carbocycles. The summed E-state index contributed by atoms with van der Waals surface area (Å²) in [6.07, 6.45) is 6.34. The lowest BCUT2D eigenvalue weighted by molar-refractivity contribution is 0.616. The van der Waals surface area contributed by atoms with Crippen molar-refractivity contribution in [2.24, 2.45) is 0 Å². The van der Waals surface area contributed by atoms with Crippen LogP contribution in [0.5, 0.6) is 0 Å². The molecule has 2 heterocycles. The Morgan fingerprint density at radius 1 is 1.27 bits per heavy atom. The Hall–Kier alpha value is -3.20. The number of halogens is 1. The molecule has 6 heteroatoms. The van der Waals surface area contributed by atoms with Crippen LogP contribution in [0.15, 0.2) is 55.2 Å². The van der Waals surface area contributed by atoms with Crippen LogP contribution in [0, 0.1) is 17.1 Å². The van der Waals surface area contributed by atoms with Crippen molar-refractivity contribution in [3.8, 4) is 11.8 Å². The summed E-state index contributed by atoms with van der Waals surface area (Å²) in [4.78, 5) is 8.01. The predicted octanol–water partition coefficient (Wildman–Crippen LogP) is 2.89. The number of nitrogens with zero attached hydrogens (tertiary/aromatic N) is 4. The maximum atomic E-state index is 14.1. The molecule has 0 amide bonds. The van der Waals surface area contributed by atoms with E-state index in [1.54, 1.807) is 41.5 Å². The average molecular weight is 293 g/mol. The summed E-state index contributed by atoms with van der Waals surface area (Å²) < 4.78 is 15.7. The van der Waals surface area contributed by atoms with Gasteiger partial charge in [0, 0.05) is 25.1 Å². The highest BCUT2D eigenvalue weighted by atomic mass is 19.1. The van der Waals surface area contributed by atoms with E-state index in [9.17, 15) is 4.39 Å². The van der Waals surface area contributed by atoms with Crippen molar-refractivity contribution < 1.29 is 4.39 Å². The van der Waals surface area contributed by atoms with Crippen LogP contribution in [0.4, 0.5) is 10.2 Å². The predicted molar refractivity (Wildman–Crippen MR) is 79.8 cm³/mol. The maximum Gasteiger partial charge on any atom is 0.147 e. The lowest BCUT2D eigenvalue weighted by Gasteiger charge is -2.08. The summed E-state index contributed by atoms with van der Waals surface area (Å²) in [5, 5.41) is 11.8. The van der Waals surface area contributed by atoms with Gasteiger partial charge in [-0.2, -0.15) is 5.26 Å².